The monoisotopic (exact) mass is 280 g/mol. The van der Waals surface area contributed by atoms with Crippen LogP contribution in [0.5, 0.6) is 5.75 Å². The molecule has 1 aromatic rings. The summed E-state index contributed by atoms with van der Waals surface area (Å²) in [5.41, 5.74) is 0.652. The molecule has 1 heterocycles. The number of benzene rings is 1. The number of hydrogen-bond donors (Lipinski definition) is 2. The van der Waals surface area contributed by atoms with E-state index in [1.54, 1.807) is 6.07 Å². The van der Waals surface area contributed by atoms with Crippen LogP contribution >= 0.6 is 0 Å². The summed E-state index contributed by atoms with van der Waals surface area (Å²) in [6.45, 7) is 5.44. The van der Waals surface area contributed by atoms with Crippen molar-refractivity contribution in [2.45, 2.75) is 19.9 Å². The molecule has 2 rings (SSSR count). The molecule has 0 aliphatic carbocycles. The quantitative estimate of drug-likeness (QED) is 0.885. The van der Waals surface area contributed by atoms with Crippen molar-refractivity contribution < 1.29 is 13.9 Å². The molecular weight excluding hydrogens is 259 g/mol. The Bertz CT molecular complexity index is 493. The zero-order chi connectivity index (χ0) is 14.7. The molecule has 110 valence electrons. The molecule has 0 spiro atoms. The maximum atomic E-state index is 13.4. The minimum absolute atomic E-state index is 0.00122. The van der Waals surface area contributed by atoms with Crippen LogP contribution < -0.4 is 15.4 Å². The van der Waals surface area contributed by atoms with Gasteiger partial charge in [-0.05, 0) is 37.6 Å². The fourth-order valence-electron chi connectivity index (χ4n) is 2.60. The zero-order valence-corrected chi connectivity index (χ0v) is 12.1. The number of amides is 1. The Morgan fingerprint density at radius 2 is 2.25 bits per heavy atom. The number of hydrogen-bond acceptors (Lipinski definition) is 3. The Labute approximate surface area is 118 Å². The number of rotatable bonds is 4. The van der Waals surface area contributed by atoms with E-state index >= 15 is 0 Å². The van der Waals surface area contributed by atoms with Gasteiger partial charge in [0, 0.05) is 12.1 Å². The molecule has 1 aliphatic heterocycles. The van der Waals surface area contributed by atoms with Crippen LogP contribution in [0.1, 0.15) is 25.5 Å². The normalized spacial score (nSPS) is 23.4. The van der Waals surface area contributed by atoms with Gasteiger partial charge in [0.15, 0.2) is 0 Å². The second-order valence-corrected chi connectivity index (χ2v) is 5.36. The van der Waals surface area contributed by atoms with Crippen molar-refractivity contribution in [3.8, 4) is 5.75 Å². The molecule has 20 heavy (non-hydrogen) atoms. The van der Waals surface area contributed by atoms with E-state index in [0.29, 0.717) is 23.8 Å². The van der Waals surface area contributed by atoms with Crippen molar-refractivity contribution in [2.24, 2.45) is 11.8 Å². The van der Waals surface area contributed by atoms with Crippen molar-refractivity contribution >= 4 is 5.91 Å². The number of carbonyl (C=O) groups is 1. The summed E-state index contributed by atoms with van der Waals surface area (Å²) >= 11 is 0. The second kappa shape index (κ2) is 6.22. The molecule has 0 bridgehead atoms. The first-order chi connectivity index (χ1) is 9.52. The van der Waals surface area contributed by atoms with Crippen LogP contribution in [-0.4, -0.2) is 26.1 Å². The minimum Gasteiger partial charge on any atom is -0.496 e. The average Bonchev–Trinajstić information content (AvgIpc) is 2.85. The highest BCUT2D eigenvalue weighted by atomic mass is 19.1. The fourth-order valence-corrected chi connectivity index (χ4v) is 2.60. The number of ether oxygens (including phenoxy) is 1. The number of carbonyl (C=O) groups excluding carboxylic acids is 1. The Morgan fingerprint density at radius 1 is 1.50 bits per heavy atom. The molecule has 4 nitrogen and oxygen atoms in total. The Hall–Kier alpha value is -1.62. The molecule has 2 N–H and O–H groups in total. The predicted molar refractivity (Wildman–Crippen MR) is 75.0 cm³/mol. The molecule has 1 saturated heterocycles. The molecule has 3 unspecified atom stereocenters. The number of methoxy groups -OCH3 is 1. The van der Waals surface area contributed by atoms with Gasteiger partial charge in [-0.3, -0.25) is 4.79 Å². The van der Waals surface area contributed by atoms with E-state index in [9.17, 15) is 9.18 Å². The van der Waals surface area contributed by atoms with Crippen molar-refractivity contribution in [1.29, 1.82) is 0 Å². The smallest absolute Gasteiger partial charge is 0.225 e. The molecule has 1 fully saturated rings. The van der Waals surface area contributed by atoms with Crippen molar-refractivity contribution in [1.82, 2.24) is 10.6 Å². The molecule has 0 saturated carbocycles. The van der Waals surface area contributed by atoms with E-state index < -0.39 is 0 Å². The highest BCUT2D eigenvalue weighted by Gasteiger charge is 2.30. The van der Waals surface area contributed by atoms with Gasteiger partial charge in [0.25, 0.3) is 0 Å². The van der Waals surface area contributed by atoms with Crippen LogP contribution in [-0.2, 0) is 4.79 Å². The van der Waals surface area contributed by atoms with Gasteiger partial charge in [0.1, 0.15) is 11.6 Å². The molecule has 3 atom stereocenters. The van der Waals surface area contributed by atoms with Gasteiger partial charge in [0.05, 0.1) is 19.1 Å². The lowest BCUT2D eigenvalue weighted by Crippen LogP contribution is -2.36. The first-order valence-corrected chi connectivity index (χ1v) is 6.87. The summed E-state index contributed by atoms with van der Waals surface area (Å²) in [6.07, 6.45) is 0. The predicted octanol–water partition coefficient (Wildman–Crippen LogP) is 1.87. The molecular formula is C15H21FN2O2. The Kier molecular flexibility index (Phi) is 4.60. The van der Waals surface area contributed by atoms with E-state index in [2.05, 4.69) is 17.6 Å². The van der Waals surface area contributed by atoms with Crippen LogP contribution in [0.15, 0.2) is 18.2 Å². The lowest BCUT2D eigenvalue weighted by Gasteiger charge is -2.21. The first-order valence-electron chi connectivity index (χ1n) is 6.87. The highest BCUT2D eigenvalue weighted by molar-refractivity contribution is 5.80. The average molecular weight is 280 g/mol. The van der Waals surface area contributed by atoms with E-state index in [1.165, 1.54) is 19.2 Å². The third-order valence-corrected chi connectivity index (χ3v) is 3.87. The van der Waals surface area contributed by atoms with E-state index in [4.69, 9.17) is 4.74 Å². The van der Waals surface area contributed by atoms with Gasteiger partial charge in [-0.2, -0.15) is 0 Å². The summed E-state index contributed by atoms with van der Waals surface area (Å²) in [5.74, 6) is 0.532. The lowest BCUT2D eigenvalue weighted by atomic mass is 9.96. The molecule has 1 aromatic carbocycles. The summed E-state index contributed by atoms with van der Waals surface area (Å²) in [4.78, 5) is 12.2. The summed E-state index contributed by atoms with van der Waals surface area (Å²) in [5, 5.41) is 6.15. The molecule has 0 radical (unpaired) electrons. The SMILES string of the molecule is COc1ccc(F)cc1C(C)NC(=O)C1CNCC1C. The molecule has 1 amide bonds. The van der Waals surface area contributed by atoms with Gasteiger partial charge >= 0.3 is 0 Å². The molecule has 0 aromatic heterocycles. The summed E-state index contributed by atoms with van der Waals surface area (Å²) in [7, 11) is 1.54. The topological polar surface area (TPSA) is 50.4 Å². The van der Waals surface area contributed by atoms with Gasteiger partial charge in [-0.1, -0.05) is 6.92 Å². The third kappa shape index (κ3) is 3.10. The zero-order valence-electron chi connectivity index (χ0n) is 12.1. The van der Waals surface area contributed by atoms with Crippen molar-refractivity contribution in [2.75, 3.05) is 20.2 Å². The van der Waals surface area contributed by atoms with E-state index in [-0.39, 0.29) is 23.7 Å². The number of nitrogens with one attached hydrogen (secondary N) is 2. The van der Waals surface area contributed by atoms with E-state index in [0.717, 1.165) is 6.54 Å². The van der Waals surface area contributed by atoms with E-state index in [1.807, 2.05) is 6.92 Å². The molecule has 5 heteroatoms. The van der Waals surface area contributed by atoms with Crippen molar-refractivity contribution in [3.05, 3.63) is 29.6 Å². The van der Waals surface area contributed by atoms with Gasteiger partial charge in [0.2, 0.25) is 5.91 Å². The fraction of sp³-hybridized carbons (Fsp3) is 0.533. The minimum atomic E-state index is -0.335. The largest absolute Gasteiger partial charge is 0.496 e. The van der Waals surface area contributed by atoms with Gasteiger partial charge in [-0.25, -0.2) is 4.39 Å². The summed E-state index contributed by atoms with van der Waals surface area (Å²) < 4.78 is 18.6. The molecule has 1 aliphatic rings. The Balaban J connectivity index is 2.09. The third-order valence-electron chi connectivity index (χ3n) is 3.87. The Morgan fingerprint density at radius 3 is 2.85 bits per heavy atom. The van der Waals surface area contributed by atoms with Crippen LogP contribution in [0.4, 0.5) is 4.39 Å². The first kappa shape index (κ1) is 14.8. The van der Waals surface area contributed by atoms with Crippen molar-refractivity contribution in [3.63, 3.8) is 0 Å². The van der Waals surface area contributed by atoms with Crippen LogP contribution in [0.25, 0.3) is 0 Å². The maximum Gasteiger partial charge on any atom is 0.225 e. The summed E-state index contributed by atoms with van der Waals surface area (Å²) in [6, 6.07) is 4.04. The van der Waals surface area contributed by atoms with Crippen LogP contribution in [0.2, 0.25) is 0 Å². The highest BCUT2D eigenvalue weighted by Crippen LogP contribution is 2.26. The second-order valence-electron chi connectivity index (χ2n) is 5.36. The standard InChI is InChI=1S/C15H21FN2O2/c1-9-7-17-8-13(9)15(19)18-10(2)12-6-11(16)4-5-14(12)20-3/h4-6,9-10,13,17H,7-8H2,1-3H3,(H,18,19). The van der Waals surface area contributed by atoms with Crippen LogP contribution in [0.3, 0.4) is 0 Å². The number of halogens is 1. The lowest BCUT2D eigenvalue weighted by molar-refractivity contribution is -0.126. The van der Waals surface area contributed by atoms with Gasteiger partial charge < -0.3 is 15.4 Å². The van der Waals surface area contributed by atoms with Gasteiger partial charge in [-0.15, -0.1) is 0 Å². The van der Waals surface area contributed by atoms with Crippen LogP contribution in [0, 0.1) is 17.7 Å². The maximum absolute atomic E-state index is 13.4.